The van der Waals surface area contributed by atoms with Crippen LogP contribution in [0.1, 0.15) is 27.7 Å². The fourth-order valence-electron chi connectivity index (χ4n) is 1.42. The second-order valence-corrected chi connectivity index (χ2v) is 10.8. The van der Waals surface area contributed by atoms with Crippen LogP contribution in [0.15, 0.2) is 12.2 Å². The Kier molecular flexibility index (Phi) is 4.95. The van der Waals surface area contributed by atoms with E-state index in [4.69, 9.17) is 13.9 Å². The lowest BCUT2D eigenvalue weighted by Crippen LogP contribution is -2.42. The molecule has 3 nitrogen and oxygen atoms in total. The maximum atomic E-state index is 6.20. The van der Waals surface area contributed by atoms with E-state index in [0.717, 1.165) is 0 Å². The standard InChI is InChI=1S/C13H26O3Si/c1-11(7-8-12-14-9-10-15-12)16-17(5,6)13(2,3)4/h7-8,11-12H,9-10H2,1-6H3/b8-7+/t11-/m0/s1. The number of hydrogen-bond donors (Lipinski definition) is 0. The Balaban J connectivity index is 2.45. The Morgan fingerprint density at radius 1 is 1.24 bits per heavy atom. The molecule has 0 radical (unpaired) electrons. The van der Waals surface area contributed by atoms with E-state index in [2.05, 4.69) is 40.8 Å². The molecule has 17 heavy (non-hydrogen) atoms. The van der Waals surface area contributed by atoms with Crippen LogP contribution >= 0.6 is 0 Å². The summed E-state index contributed by atoms with van der Waals surface area (Å²) < 4.78 is 16.9. The Morgan fingerprint density at radius 2 is 1.76 bits per heavy atom. The normalized spacial score (nSPS) is 21.3. The summed E-state index contributed by atoms with van der Waals surface area (Å²) in [7, 11) is -1.68. The van der Waals surface area contributed by atoms with Gasteiger partial charge in [-0.1, -0.05) is 26.8 Å². The zero-order valence-corrected chi connectivity index (χ0v) is 12.9. The van der Waals surface area contributed by atoms with Crippen molar-refractivity contribution in [1.29, 1.82) is 0 Å². The molecule has 0 unspecified atom stereocenters. The molecule has 0 aromatic carbocycles. The molecule has 0 aliphatic carbocycles. The van der Waals surface area contributed by atoms with Crippen LogP contribution < -0.4 is 0 Å². The second-order valence-electron chi connectivity index (χ2n) is 6.08. The number of ether oxygens (including phenoxy) is 2. The smallest absolute Gasteiger partial charge is 0.192 e. The van der Waals surface area contributed by atoms with Crippen LogP contribution in [0, 0.1) is 0 Å². The third-order valence-electron chi connectivity index (χ3n) is 3.47. The maximum Gasteiger partial charge on any atom is 0.192 e. The Morgan fingerprint density at radius 3 is 2.24 bits per heavy atom. The van der Waals surface area contributed by atoms with Crippen molar-refractivity contribution in [2.24, 2.45) is 0 Å². The van der Waals surface area contributed by atoms with Gasteiger partial charge in [0.25, 0.3) is 0 Å². The van der Waals surface area contributed by atoms with Crippen molar-refractivity contribution in [3.63, 3.8) is 0 Å². The summed E-state index contributed by atoms with van der Waals surface area (Å²) in [6.07, 6.45) is 3.92. The molecule has 0 aromatic rings. The van der Waals surface area contributed by atoms with Crippen LogP contribution in [0.5, 0.6) is 0 Å². The lowest BCUT2D eigenvalue weighted by molar-refractivity contribution is -0.00223. The summed E-state index contributed by atoms with van der Waals surface area (Å²) in [6, 6.07) is 0. The highest BCUT2D eigenvalue weighted by atomic mass is 28.4. The van der Waals surface area contributed by atoms with Gasteiger partial charge in [-0.3, -0.25) is 0 Å². The summed E-state index contributed by atoms with van der Waals surface area (Å²) in [6.45, 7) is 14.7. The summed E-state index contributed by atoms with van der Waals surface area (Å²) >= 11 is 0. The quantitative estimate of drug-likeness (QED) is 0.572. The first kappa shape index (κ1) is 14.9. The van der Waals surface area contributed by atoms with Crippen LogP contribution in [-0.4, -0.2) is 33.9 Å². The van der Waals surface area contributed by atoms with E-state index in [1.165, 1.54) is 0 Å². The van der Waals surface area contributed by atoms with Gasteiger partial charge in [-0.05, 0) is 31.1 Å². The van der Waals surface area contributed by atoms with Gasteiger partial charge in [0, 0.05) is 0 Å². The Bertz CT molecular complexity index is 262. The van der Waals surface area contributed by atoms with Crippen LogP contribution in [0.3, 0.4) is 0 Å². The van der Waals surface area contributed by atoms with Crippen LogP contribution in [0.4, 0.5) is 0 Å². The summed E-state index contributed by atoms with van der Waals surface area (Å²) in [5, 5.41) is 0.245. The van der Waals surface area contributed by atoms with Gasteiger partial charge in [0.15, 0.2) is 14.6 Å². The van der Waals surface area contributed by atoms with Gasteiger partial charge in [-0.25, -0.2) is 0 Å². The highest BCUT2D eigenvalue weighted by molar-refractivity contribution is 6.74. The maximum absolute atomic E-state index is 6.20. The van der Waals surface area contributed by atoms with Gasteiger partial charge in [-0.2, -0.15) is 0 Å². The molecule has 0 saturated carbocycles. The van der Waals surface area contributed by atoms with Gasteiger partial charge in [0.2, 0.25) is 0 Å². The average molecular weight is 258 g/mol. The van der Waals surface area contributed by atoms with Crippen molar-refractivity contribution in [1.82, 2.24) is 0 Å². The molecule has 0 spiro atoms. The van der Waals surface area contributed by atoms with Gasteiger partial charge >= 0.3 is 0 Å². The molecule has 1 atom stereocenters. The first-order chi connectivity index (χ1) is 7.72. The summed E-state index contributed by atoms with van der Waals surface area (Å²) in [5.41, 5.74) is 0. The van der Waals surface area contributed by atoms with E-state index in [-0.39, 0.29) is 17.4 Å². The molecule has 100 valence electrons. The monoisotopic (exact) mass is 258 g/mol. The van der Waals surface area contributed by atoms with Crippen LogP contribution in [0.25, 0.3) is 0 Å². The van der Waals surface area contributed by atoms with E-state index in [9.17, 15) is 0 Å². The molecule has 1 rings (SSSR count). The highest BCUT2D eigenvalue weighted by Crippen LogP contribution is 2.37. The van der Waals surface area contributed by atoms with E-state index in [0.29, 0.717) is 13.2 Å². The third-order valence-corrected chi connectivity index (χ3v) is 8.05. The minimum absolute atomic E-state index is 0.115. The molecule has 1 fully saturated rings. The van der Waals surface area contributed by atoms with Crippen molar-refractivity contribution < 1.29 is 13.9 Å². The first-order valence-electron chi connectivity index (χ1n) is 6.32. The third kappa shape index (κ3) is 4.54. The molecule has 0 N–H and O–H groups in total. The van der Waals surface area contributed by atoms with Crippen LogP contribution in [-0.2, 0) is 13.9 Å². The predicted octanol–water partition coefficient (Wildman–Crippen LogP) is 3.33. The molecular weight excluding hydrogens is 232 g/mol. The van der Waals surface area contributed by atoms with Gasteiger partial charge in [0.1, 0.15) is 0 Å². The topological polar surface area (TPSA) is 27.7 Å². The van der Waals surface area contributed by atoms with Crippen molar-refractivity contribution in [3.05, 3.63) is 12.2 Å². The number of hydrogen-bond acceptors (Lipinski definition) is 3. The second kappa shape index (κ2) is 5.65. The largest absolute Gasteiger partial charge is 0.411 e. The highest BCUT2D eigenvalue weighted by Gasteiger charge is 2.38. The number of rotatable bonds is 4. The average Bonchev–Trinajstić information content (AvgIpc) is 2.64. The first-order valence-corrected chi connectivity index (χ1v) is 9.22. The minimum atomic E-state index is -1.68. The summed E-state index contributed by atoms with van der Waals surface area (Å²) in [4.78, 5) is 0. The van der Waals surface area contributed by atoms with E-state index >= 15 is 0 Å². The lowest BCUT2D eigenvalue weighted by Gasteiger charge is -2.37. The van der Waals surface area contributed by atoms with E-state index < -0.39 is 8.32 Å². The molecule has 4 heteroatoms. The van der Waals surface area contributed by atoms with E-state index in [1.807, 2.05) is 12.2 Å². The van der Waals surface area contributed by atoms with E-state index in [1.54, 1.807) is 0 Å². The fraction of sp³-hybridized carbons (Fsp3) is 0.846. The summed E-state index contributed by atoms with van der Waals surface area (Å²) in [5.74, 6) is 0. The lowest BCUT2D eigenvalue weighted by atomic mass is 10.2. The molecule has 1 aliphatic heterocycles. The molecule has 0 amide bonds. The molecule has 1 saturated heterocycles. The Hall–Kier alpha value is -0.163. The minimum Gasteiger partial charge on any atom is -0.411 e. The molecular formula is C13H26O3Si. The zero-order chi connectivity index (χ0) is 13.1. The van der Waals surface area contributed by atoms with Crippen LogP contribution in [0.2, 0.25) is 18.1 Å². The van der Waals surface area contributed by atoms with Gasteiger partial charge in [0.05, 0.1) is 19.3 Å². The molecule has 1 aliphatic rings. The zero-order valence-electron chi connectivity index (χ0n) is 11.9. The molecule has 0 bridgehead atoms. The SMILES string of the molecule is C[C@@H](/C=C/C1OCCO1)O[Si](C)(C)C(C)(C)C. The van der Waals surface area contributed by atoms with Crippen molar-refractivity contribution >= 4 is 8.32 Å². The van der Waals surface area contributed by atoms with Gasteiger partial charge in [-0.15, -0.1) is 0 Å². The van der Waals surface area contributed by atoms with Crippen molar-refractivity contribution in [2.45, 2.75) is 58.2 Å². The van der Waals surface area contributed by atoms with Gasteiger partial charge < -0.3 is 13.9 Å². The predicted molar refractivity (Wildman–Crippen MR) is 72.6 cm³/mol. The fourth-order valence-corrected chi connectivity index (χ4v) is 2.78. The van der Waals surface area contributed by atoms with Crippen molar-refractivity contribution in [3.8, 4) is 0 Å². The van der Waals surface area contributed by atoms with Crippen molar-refractivity contribution in [2.75, 3.05) is 13.2 Å². The Labute approximate surface area is 106 Å². The molecule has 0 aromatic heterocycles. The molecule has 1 heterocycles.